The lowest BCUT2D eigenvalue weighted by Gasteiger charge is -2.21. The summed E-state index contributed by atoms with van der Waals surface area (Å²) in [5.41, 5.74) is 3.38. The third-order valence-corrected chi connectivity index (χ3v) is 5.37. The lowest BCUT2D eigenvalue weighted by atomic mass is 10.0. The van der Waals surface area contributed by atoms with E-state index in [4.69, 9.17) is 9.47 Å². The highest BCUT2D eigenvalue weighted by molar-refractivity contribution is 5.94. The second kappa shape index (κ2) is 6.19. The molecule has 0 radical (unpaired) electrons. The Labute approximate surface area is 149 Å². The van der Waals surface area contributed by atoms with Crippen molar-refractivity contribution in [2.75, 3.05) is 6.61 Å². The first-order chi connectivity index (χ1) is 11.7. The number of fused-ring (bicyclic) bond motifs is 3. The van der Waals surface area contributed by atoms with Gasteiger partial charge < -0.3 is 14.0 Å². The molecule has 5 heteroatoms. The fourth-order valence-corrected chi connectivity index (χ4v) is 4.37. The van der Waals surface area contributed by atoms with Gasteiger partial charge in [-0.2, -0.15) is 0 Å². The average Bonchev–Trinajstić information content (AvgIpc) is 2.85. The van der Waals surface area contributed by atoms with E-state index in [1.165, 1.54) is 0 Å². The van der Waals surface area contributed by atoms with Crippen LogP contribution in [0.5, 0.6) is 0 Å². The topological polar surface area (TPSA) is 57.5 Å². The first-order valence-electron chi connectivity index (χ1n) is 9.32. The summed E-state index contributed by atoms with van der Waals surface area (Å²) in [6.07, 6.45) is 1.63. The zero-order valence-corrected chi connectivity index (χ0v) is 16.1. The molecule has 3 rings (SSSR count). The van der Waals surface area contributed by atoms with E-state index in [9.17, 15) is 9.59 Å². The molecule has 2 aliphatic rings. The molecule has 1 aromatic heterocycles. The Hall–Kier alpha value is -1.78. The van der Waals surface area contributed by atoms with Crippen molar-refractivity contribution in [3.8, 4) is 0 Å². The van der Waals surface area contributed by atoms with Crippen LogP contribution in [0.1, 0.15) is 74.8 Å². The average molecular weight is 347 g/mol. The monoisotopic (exact) mass is 347 g/mol. The summed E-state index contributed by atoms with van der Waals surface area (Å²) >= 11 is 0. The lowest BCUT2D eigenvalue weighted by molar-refractivity contribution is -0.155. The van der Waals surface area contributed by atoms with Crippen molar-refractivity contribution in [3.05, 3.63) is 22.5 Å². The molecule has 25 heavy (non-hydrogen) atoms. The van der Waals surface area contributed by atoms with Crippen molar-refractivity contribution in [2.45, 2.75) is 72.4 Å². The molecule has 138 valence electrons. The van der Waals surface area contributed by atoms with Crippen molar-refractivity contribution in [2.24, 2.45) is 11.8 Å². The van der Waals surface area contributed by atoms with Gasteiger partial charge in [0.15, 0.2) is 0 Å². The molecule has 0 N–H and O–H groups in total. The molecule has 1 heterocycles. The molecule has 5 nitrogen and oxygen atoms in total. The number of ether oxygens (including phenoxy) is 2. The van der Waals surface area contributed by atoms with Gasteiger partial charge in [0.2, 0.25) is 0 Å². The van der Waals surface area contributed by atoms with E-state index in [0.29, 0.717) is 36.3 Å². The Bertz CT molecular complexity index is 710. The minimum absolute atomic E-state index is 0.163. The van der Waals surface area contributed by atoms with Gasteiger partial charge in [0, 0.05) is 11.4 Å². The number of hydrogen-bond acceptors (Lipinski definition) is 4. The third kappa shape index (κ3) is 3.09. The van der Waals surface area contributed by atoms with Crippen LogP contribution in [0, 0.1) is 11.8 Å². The molecular weight excluding hydrogens is 318 g/mol. The minimum atomic E-state index is -0.513. The Balaban J connectivity index is 2.00. The second-order valence-electron chi connectivity index (χ2n) is 8.18. The van der Waals surface area contributed by atoms with Gasteiger partial charge in [0.1, 0.15) is 12.1 Å². The van der Waals surface area contributed by atoms with Gasteiger partial charge >= 0.3 is 11.9 Å². The van der Waals surface area contributed by atoms with Crippen LogP contribution in [-0.4, -0.2) is 28.7 Å². The predicted molar refractivity (Wildman–Crippen MR) is 94.7 cm³/mol. The Kier molecular flexibility index (Phi) is 4.46. The molecule has 1 saturated carbocycles. The number of carbonyl (C=O) groups excluding carboxylic acids is 2. The Morgan fingerprint density at radius 3 is 2.48 bits per heavy atom. The summed E-state index contributed by atoms with van der Waals surface area (Å²) in [6.45, 7) is 12.2. The maximum Gasteiger partial charge on any atom is 0.340 e. The normalized spacial score (nSPS) is 23.8. The maximum atomic E-state index is 12.6. The molecule has 0 saturated heterocycles. The van der Waals surface area contributed by atoms with E-state index in [1.54, 1.807) is 0 Å². The van der Waals surface area contributed by atoms with Gasteiger partial charge in [-0.1, -0.05) is 13.8 Å². The smallest absolute Gasteiger partial charge is 0.340 e. The van der Waals surface area contributed by atoms with Crippen LogP contribution < -0.4 is 0 Å². The summed E-state index contributed by atoms with van der Waals surface area (Å²) in [7, 11) is 0. The molecular formula is C20H29NO4. The first kappa shape index (κ1) is 18.0. The number of hydrogen-bond donors (Lipinski definition) is 0. The molecule has 0 bridgehead atoms. The van der Waals surface area contributed by atoms with Crippen LogP contribution in [-0.2, 0) is 33.7 Å². The van der Waals surface area contributed by atoms with Crippen molar-refractivity contribution >= 4 is 11.9 Å². The van der Waals surface area contributed by atoms with Gasteiger partial charge in [-0.25, -0.2) is 4.79 Å². The van der Waals surface area contributed by atoms with E-state index in [1.807, 2.05) is 39.2 Å². The van der Waals surface area contributed by atoms with Crippen LogP contribution in [0.4, 0.5) is 0 Å². The van der Waals surface area contributed by atoms with Gasteiger partial charge in [0.25, 0.3) is 0 Å². The lowest BCUT2D eigenvalue weighted by Crippen LogP contribution is -2.27. The molecule has 0 spiro atoms. The standard InChI is InChI=1S/C20H29NO4/c1-7-13-18(19(23)24-8-2)17-14(9-12-11(3)16(12)17)21(13)10-15(22)25-20(4,5)6/h11-12,16H,7-10H2,1-6H3. The number of esters is 2. The quantitative estimate of drug-likeness (QED) is 0.765. The van der Waals surface area contributed by atoms with Crippen molar-refractivity contribution in [1.82, 2.24) is 4.57 Å². The number of aromatic nitrogens is 1. The zero-order valence-electron chi connectivity index (χ0n) is 16.1. The van der Waals surface area contributed by atoms with Crippen LogP contribution in [0.3, 0.4) is 0 Å². The zero-order chi connectivity index (χ0) is 18.5. The molecule has 2 aliphatic carbocycles. The largest absolute Gasteiger partial charge is 0.462 e. The van der Waals surface area contributed by atoms with Crippen LogP contribution in [0.25, 0.3) is 0 Å². The van der Waals surface area contributed by atoms with Gasteiger partial charge in [-0.05, 0) is 63.9 Å². The molecule has 0 aliphatic heterocycles. The highest BCUT2D eigenvalue weighted by atomic mass is 16.6. The van der Waals surface area contributed by atoms with Crippen LogP contribution in [0.15, 0.2) is 0 Å². The Morgan fingerprint density at radius 2 is 1.92 bits per heavy atom. The number of carbonyl (C=O) groups is 2. The highest BCUT2D eigenvalue weighted by Gasteiger charge is 2.56. The van der Waals surface area contributed by atoms with Crippen LogP contribution >= 0.6 is 0 Å². The Morgan fingerprint density at radius 1 is 1.24 bits per heavy atom. The minimum Gasteiger partial charge on any atom is -0.462 e. The van der Waals surface area contributed by atoms with Gasteiger partial charge in [0.05, 0.1) is 12.2 Å². The summed E-state index contributed by atoms with van der Waals surface area (Å²) < 4.78 is 12.9. The summed E-state index contributed by atoms with van der Waals surface area (Å²) in [6, 6.07) is 0. The molecule has 1 fully saturated rings. The predicted octanol–water partition coefficient (Wildman–Crippen LogP) is 3.47. The fraction of sp³-hybridized carbons (Fsp3) is 0.700. The molecule has 3 unspecified atom stereocenters. The number of nitrogens with zero attached hydrogens (tertiary/aromatic N) is 1. The van der Waals surface area contributed by atoms with Crippen molar-refractivity contribution in [1.29, 1.82) is 0 Å². The van der Waals surface area contributed by atoms with E-state index in [-0.39, 0.29) is 18.5 Å². The van der Waals surface area contributed by atoms with E-state index >= 15 is 0 Å². The van der Waals surface area contributed by atoms with Crippen molar-refractivity contribution < 1.29 is 19.1 Å². The number of rotatable bonds is 5. The van der Waals surface area contributed by atoms with Crippen LogP contribution in [0.2, 0.25) is 0 Å². The maximum absolute atomic E-state index is 12.6. The fourth-order valence-electron chi connectivity index (χ4n) is 4.37. The third-order valence-electron chi connectivity index (χ3n) is 5.37. The summed E-state index contributed by atoms with van der Waals surface area (Å²) in [5, 5.41) is 0. The first-order valence-corrected chi connectivity index (χ1v) is 9.32. The van der Waals surface area contributed by atoms with E-state index in [0.717, 1.165) is 23.4 Å². The SMILES string of the molecule is CCOC(=O)c1c2c(n(CC(=O)OC(C)(C)C)c1CC)CC1C(C)C21. The van der Waals surface area contributed by atoms with Gasteiger partial charge in [-0.15, -0.1) is 0 Å². The molecule has 0 amide bonds. The van der Waals surface area contributed by atoms with Gasteiger partial charge in [-0.3, -0.25) is 4.79 Å². The summed E-state index contributed by atoms with van der Waals surface area (Å²) in [5.74, 6) is 1.15. The second-order valence-corrected chi connectivity index (χ2v) is 8.18. The molecule has 3 atom stereocenters. The van der Waals surface area contributed by atoms with Crippen molar-refractivity contribution in [3.63, 3.8) is 0 Å². The molecule has 1 aromatic rings. The highest BCUT2D eigenvalue weighted by Crippen LogP contribution is 2.63. The molecule has 0 aromatic carbocycles. The van der Waals surface area contributed by atoms with E-state index < -0.39 is 5.60 Å². The summed E-state index contributed by atoms with van der Waals surface area (Å²) in [4.78, 5) is 25.0. The van der Waals surface area contributed by atoms with E-state index in [2.05, 4.69) is 6.92 Å².